The number of rotatable bonds is 4. The molecule has 3 atom stereocenters. The van der Waals surface area contributed by atoms with E-state index in [9.17, 15) is 14.7 Å². The van der Waals surface area contributed by atoms with Gasteiger partial charge in [0.05, 0.1) is 12.0 Å². The zero-order chi connectivity index (χ0) is 13.9. The molecule has 0 aliphatic carbocycles. The molecular weight excluding hydrogens is 236 g/mol. The van der Waals surface area contributed by atoms with E-state index in [1.165, 1.54) is 6.92 Å². The van der Waals surface area contributed by atoms with Crippen molar-refractivity contribution >= 4 is 12.0 Å². The number of nitrogens with one attached hydrogen (secondary N) is 1. The van der Waals surface area contributed by atoms with E-state index in [4.69, 9.17) is 5.11 Å². The Morgan fingerprint density at radius 2 is 1.83 bits per heavy atom. The van der Waals surface area contributed by atoms with Crippen molar-refractivity contribution < 1.29 is 19.8 Å². The third-order valence-electron chi connectivity index (χ3n) is 3.43. The number of carbonyl (C=O) groups excluding carboxylic acids is 1. The third-order valence-corrected chi connectivity index (χ3v) is 3.43. The number of hydrogen-bond acceptors (Lipinski definition) is 3. The summed E-state index contributed by atoms with van der Waals surface area (Å²) in [6.45, 7) is 6.94. The van der Waals surface area contributed by atoms with Crippen molar-refractivity contribution in [3.63, 3.8) is 0 Å². The Hall–Kier alpha value is -1.30. The van der Waals surface area contributed by atoms with E-state index in [2.05, 4.69) is 19.2 Å². The molecule has 3 unspecified atom stereocenters. The number of carboxylic acid groups (broad SMARTS) is 1. The number of carbonyl (C=O) groups is 2. The summed E-state index contributed by atoms with van der Waals surface area (Å²) in [4.78, 5) is 24.0. The number of aliphatic hydroxyl groups is 1. The fourth-order valence-corrected chi connectivity index (χ4v) is 2.06. The topological polar surface area (TPSA) is 89.9 Å². The summed E-state index contributed by atoms with van der Waals surface area (Å²) in [5, 5.41) is 21.0. The van der Waals surface area contributed by atoms with Crippen molar-refractivity contribution in [2.45, 2.75) is 32.8 Å². The third kappa shape index (κ3) is 4.18. The van der Waals surface area contributed by atoms with Gasteiger partial charge in [0, 0.05) is 19.6 Å². The van der Waals surface area contributed by atoms with Crippen LogP contribution in [0.5, 0.6) is 0 Å². The summed E-state index contributed by atoms with van der Waals surface area (Å²) in [6.07, 6.45) is -0.389. The van der Waals surface area contributed by atoms with Gasteiger partial charge in [-0.25, -0.2) is 4.79 Å². The molecule has 18 heavy (non-hydrogen) atoms. The monoisotopic (exact) mass is 258 g/mol. The maximum atomic E-state index is 11.8. The fraction of sp³-hybridized carbons (Fsp3) is 0.833. The Balaban J connectivity index is 2.40. The molecule has 1 rings (SSSR count). The molecule has 1 aliphatic heterocycles. The summed E-state index contributed by atoms with van der Waals surface area (Å²) in [6, 6.07) is -0.239. The summed E-state index contributed by atoms with van der Waals surface area (Å²) in [7, 11) is 0. The number of urea groups is 1. The second kappa shape index (κ2) is 5.56. The molecule has 0 aromatic rings. The predicted octanol–water partition coefficient (Wildman–Crippen LogP) is 0.509. The molecule has 0 saturated carbocycles. The van der Waals surface area contributed by atoms with Crippen LogP contribution in [0, 0.1) is 11.8 Å². The van der Waals surface area contributed by atoms with Crippen LogP contribution in [0.1, 0.15) is 27.2 Å². The summed E-state index contributed by atoms with van der Waals surface area (Å²) >= 11 is 0. The first kappa shape index (κ1) is 14.8. The van der Waals surface area contributed by atoms with Crippen LogP contribution in [0.4, 0.5) is 4.79 Å². The average molecular weight is 258 g/mol. The molecule has 0 spiro atoms. The lowest BCUT2D eigenvalue weighted by Crippen LogP contribution is -2.46. The second-order valence-electron chi connectivity index (χ2n) is 5.59. The summed E-state index contributed by atoms with van der Waals surface area (Å²) in [5.74, 6) is -0.150. The number of amides is 2. The molecule has 3 N–H and O–H groups in total. The van der Waals surface area contributed by atoms with E-state index in [-0.39, 0.29) is 19.0 Å². The molecule has 6 nitrogen and oxygen atoms in total. The summed E-state index contributed by atoms with van der Waals surface area (Å²) in [5.41, 5.74) is -1.42. The van der Waals surface area contributed by atoms with Gasteiger partial charge in [-0.3, -0.25) is 4.79 Å². The molecule has 0 bridgehead atoms. The van der Waals surface area contributed by atoms with E-state index < -0.39 is 11.6 Å². The van der Waals surface area contributed by atoms with E-state index in [1.807, 2.05) is 0 Å². The van der Waals surface area contributed by atoms with Crippen molar-refractivity contribution in [3.8, 4) is 0 Å². The molecule has 0 aromatic heterocycles. The molecule has 2 amide bonds. The molecule has 0 aromatic carbocycles. The van der Waals surface area contributed by atoms with Gasteiger partial charge in [0.15, 0.2) is 0 Å². The van der Waals surface area contributed by atoms with Crippen molar-refractivity contribution in [1.82, 2.24) is 10.2 Å². The number of aliphatic carboxylic acids is 1. The first-order valence-corrected chi connectivity index (χ1v) is 6.18. The highest BCUT2D eigenvalue weighted by atomic mass is 16.4. The first-order valence-electron chi connectivity index (χ1n) is 6.18. The highest BCUT2D eigenvalue weighted by Crippen LogP contribution is 2.21. The van der Waals surface area contributed by atoms with Gasteiger partial charge in [0.1, 0.15) is 0 Å². The van der Waals surface area contributed by atoms with E-state index in [1.54, 1.807) is 4.90 Å². The van der Waals surface area contributed by atoms with Gasteiger partial charge in [-0.1, -0.05) is 13.8 Å². The average Bonchev–Trinajstić information content (AvgIpc) is 2.54. The van der Waals surface area contributed by atoms with Gasteiger partial charge >= 0.3 is 12.0 Å². The zero-order valence-corrected chi connectivity index (χ0v) is 11.1. The van der Waals surface area contributed by atoms with Gasteiger partial charge in [-0.05, 0) is 18.8 Å². The zero-order valence-electron chi connectivity index (χ0n) is 11.1. The number of hydrogen-bond donors (Lipinski definition) is 3. The molecule has 1 heterocycles. The Bertz CT molecular complexity index is 320. The van der Waals surface area contributed by atoms with Crippen molar-refractivity contribution in [3.05, 3.63) is 0 Å². The lowest BCUT2D eigenvalue weighted by molar-refractivity contribution is -0.141. The van der Waals surface area contributed by atoms with Crippen LogP contribution in [-0.4, -0.2) is 52.3 Å². The van der Waals surface area contributed by atoms with E-state index in [0.29, 0.717) is 24.9 Å². The normalized spacial score (nSPS) is 26.8. The van der Waals surface area contributed by atoms with Crippen LogP contribution in [0.15, 0.2) is 0 Å². The van der Waals surface area contributed by atoms with Crippen molar-refractivity contribution in [1.29, 1.82) is 0 Å². The van der Waals surface area contributed by atoms with Crippen LogP contribution >= 0.6 is 0 Å². The van der Waals surface area contributed by atoms with Gasteiger partial charge < -0.3 is 20.4 Å². The van der Waals surface area contributed by atoms with Crippen LogP contribution in [0.25, 0.3) is 0 Å². The molecule has 1 fully saturated rings. The Labute approximate surface area is 107 Å². The highest BCUT2D eigenvalue weighted by molar-refractivity contribution is 5.75. The fourth-order valence-electron chi connectivity index (χ4n) is 2.06. The molecular formula is C12H22N2O4. The quantitative estimate of drug-likeness (QED) is 0.685. The highest BCUT2D eigenvalue weighted by Gasteiger charge is 2.31. The minimum Gasteiger partial charge on any atom is -0.481 e. The minimum atomic E-state index is -1.42. The summed E-state index contributed by atoms with van der Waals surface area (Å²) < 4.78 is 0. The maximum Gasteiger partial charge on any atom is 0.317 e. The van der Waals surface area contributed by atoms with Gasteiger partial charge in [0.2, 0.25) is 0 Å². The van der Waals surface area contributed by atoms with Crippen molar-refractivity contribution in [2.75, 3.05) is 19.6 Å². The van der Waals surface area contributed by atoms with Crippen molar-refractivity contribution in [2.24, 2.45) is 11.8 Å². The van der Waals surface area contributed by atoms with E-state index in [0.717, 1.165) is 0 Å². The molecule has 104 valence electrons. The van der Waals surface area contributed by atoms with Gasteiger partial charge in [0.25, 0.3) is 0 Å². The number of likely N-dealkylation sites (tertiary alicyclic amines) is 1. The number of carboxylic acids is 1. The minimum absolute atomic E-state index is 0.0581. The molecule has 0 radical (unpaired) electrons. The van der Waals surface area contributed by atoms with E-state index >= 15 is 0 Å². The molecule has 6 heteroatoms. The Morgan fingerprint density at radius 3 is 2.28 bits per heavy atom. The predicted molar refractivity (Wildman–Crippen MR) is 66.2 cm³/mol. The maximum absolute atomic E-state index is 11.8. The standard InChI is InChI=1S/C12H22N2O4/c1-8-5-14(6-9(8)2)11(17)13-7-12(3,18)4-10(15)16/h8-9,18H,4-7H2,1-3H3,(H,13,17)(H,15,16). The van der Waals surface area contributed by atoms with Gasteiger partial charge in [-0.15, -0.1) is 0 Å². The Kier molecular flexibility index (Phi) is 4.56. The smallest absolute Gasteiger partial charge is 0.317 e. The van der Waals surface area contributed by atoms with Crippen LogP contribution < -0.4 is 5.32 Å². The molecule has 1 saturated heterocycles. The first-order chi connectivity index (χ1) is 8.21. The van der Waals surface area contributed by atoms with Crippen LogP contribution in [0.3, 0.4) is 0 Å². The lowest BCUT2D eigenvalue weighted by atomic mass is 10.0. The van der Waals surface area contributed by atoms with Gasteiger partial charge in [-0.2, -0.15) is 0 Å². The Morgan fingerprint density at radius 1 is 1.33 bits per heavy atom. The number of nitrogens with zero attached hydrogens (tertiary/aromatic N) is 1. The SMILES string of the molecule is CC1CN(C(=O)NCC(C)(O)CC(=O)O)CC1C. The molecule has 1 aliphatic rings. The van der Waals surface area contributed by atoms with Crippen LogP contribution in [-0.2, 0) is 4.79 Å². The largest absolute Gasteiger partial charge is 0.481 e. The second-order valence-corrected chi connectivity index (χ2v) is 5.59. The lowest BCUT2D eigenvalue weighted by Gasteiger charge is -2.24. The van der Waals surface area contributed by atoms with Crippen LogP contribution in [0.2, 0.25) is 0 Å².